The number of pyridine rings is 1. The minimum Gasteiger partial charge on any atom is -0.322 e. The third-order valence-corrected chi connectivity index (χ3v) is 7.45. The van der Waals surface area contributed by atoms with Crippen LogP contribution in [0.3, 0.4) is 0 Å². The molecule has 0 aliphatic carbocycles. The van der Waals surface area contributed by atoms with Crippen molar-refractivity contribution in [1.29, 1.82) is 0 Å². The minimum atomic E-state index is -3.36. The monoisotopic (exact) mass is 480 g/mol. The van der Waals surface area contributed by atoms with E-state index in [-0.39, 0.29) is 11.7 Å². The number of nitrogens with zero attached hydrogens (tertiary/aromatic N) is 2. The van der Waals surface area contributed by atoms with Gasteiger partial charge in [-0.1, -0.05) is 18.2 Å². The molecule has 33 heavy (non-hydrogen) atoms. The second-order valence-electron chi connectivity index (χ2n) is 7.47. The van der Waals surface area contributed by atoms with Gasteiger partial charge in [0.15, 0.2) is 0 Å². The Morgan fingerprint density at radius 3 is 2.64 bits per heavy atom. The Bertz CT molecular complexity index is 1380. The van der Waals surface area contributed by atoms with E-state index < -0.39 is 10.0 Å². The average molecular weight is 481 g/mol. The standard InChI is InChI=1S/C24H24N4O3S2/c1-3-33(30,31)27-21-12-11-18(14-17(21)2)26-24(29)20-8-4-5-9-22(20)32-16-19-15-28-13-7-6-10-23(28)25-19/h4-15,27H,3,16H2,1-2H3,(H,26,29). The number of aromatic nitrogens is 2. The van der Waals surface area contributed by atoms with Gasteiger partial charge in [-0.05, 0) is 61.9 Å². The molecule has 1 amide bonds. The Morgan fingerprint density at radius 2 is 1.88 bits per heavy atom. The number of thioether (sulfide) groups is 1. The second-order valence-corrected chi connectivity index (χ2v) is 10.5. The number of nitrogens with one attached hydrogen (secondary N) is 2. The topological polar surface area (TPSA) is 92.6 Å². The zero-order valence-electron chi connectivity index (χ0n) is 18.3. The van der Waals surface area contributed by atoms with E-state index in [0.717, 1.165) is 21.8 Å². The number of benzene rings is 2. The fraction of sp³-hybridized carbons (Fsp3) is 0.167. The van der Waals surface area contributed by atoms with Crippen molar-refractivity contribution in [3.05, 3.63) is 89.9 Å². The fourth-order valence-corrected chi connectivity index (χ4v) is 4.92. The molecule has 0 aliphatic heterocycles. The van der Waals surface area contributed by atoms with E-state index >= 15 is 0 Å². The number of hydrogen-bond acceptors (Lipinski definition) is 5. The van der Waals surface area contributed by atoms with Gasteiger partial charge < -0.3 is 9.72 Å². The first-order valence-electron chi connectivity index (χ1n) is 10.4. The van der Waals surface area contributed by atoms with Gasteiger partial charge in [0.1, 0.15) is 5.65 Å². The predicted octanol–water partition coefficient (Wildman–Crippen LogP) is 4.95. The van der Waals surface area contributed by atoms with Gasteiger partial charge in [0.2, 0.25) is 10.0 Å². The van der Waals surface area contributed by atoms with Gasteiger partial charge in [-0.25, -0.2) is 13.4 Å². The van der Waals surface area contributed by atoms with Crippen molar-refractivity contribution in [2.24, 2.45) is 0 Å². The van der Waals surface area contributed by atoms with E-state index in [4.69, 9.17) is 0 Å². The Labute approximate surface area is 197 Å². The number of amides is 1. The van der Waals surface area contributed by atoms with Gasteiger partial charge in [0, 0.05) is 28.7 Å². The van der Waals surface area contributed by atoms with Gasteiger partial charge in [-0.3, -0.25) is 9.52 Å². The summed E-state index contributed by atoms with van der Waals surface area (Å²) >= 11 is 1.56. The van der Waals surface area contributed by atoms with Crippen molar-refractivity contribution in [1.82, 2.24) is 9.38 Å². The number of imidazole rings is 1. The van der Waals surface area contributed by atoms with E-state index in [0.29, 0.717) is 22.7 Å². The molecule has 0 bridgehead atoms. The van der Waals surface area contributed by atoms with E-state index in [1.165, 1.54) is 0 Å². The highest BCUT2D eigenvalue weighted by Crippen LogP contribution is 2.28. The van der Waals surface area contributed by atoms with Crippen molar-refractivity contribution in [3.8, 4) is 0 Å². The summed E-state index contributed by atoms with van der Waals surface area (Å²) in [6.45, 7) is 3.37. The molecular formula is C24H24N4O3S2. The highest BCUT2D eigenvalue weighted by molar-refractivity contribution is 7.98. The van der Waals surface area contributed by atoms with Crippen LogP contribution in [-0.4, -0.2) is 29.5 Å². The molecule has 2 aromatic heterocycles. The zero-order chi connectivity index (χ0) is 23.4. The summed E-state index contributed by atoms with van der Waals surface area (Å²) in [5.74, 6) is 0.403. The lowest BCUT2D eigenvalue weighted by Crippen LogP contribution is -2.16. The molecule has 0 aliphatic rings. The van der Waals surface area contributed by atoms with Crippen molar-refractivity contribution in [3.63, 3.8) is 0 Å². The lowest BCUT2D eigenvalue weighted by atomic mass is 10.1. The van der Waals surface area contributed by atoms with Crippen LogP contribution in [0.25, 0.3) is 5.65 Å². The Morgan fingerprint density at radius 1 is 1.09 bits per heavy atom. The molecule has 2 N–H and O–H groups in total. The maximum absolute atomic E-state index is 13.0. The van der Waals surface area contributed by atoms with Gasteiger partial charge >= 0.3 is 0 Å². The molecule has 0 saturated heterocycles. The number of sulfonamides is 1. The van der Waals surface area contributed by atoms with Crippen LogP contribution >= 0.6 is 11.8 Å². The van der Waals surface area contributed by atoms with Crippen molar-refractivity contribution in [2.75, 3.05) is 15.8 Å². The number of hydrogen-bond donors (Lipinski definition) is 2. The summed E-state index contributed by atoms with van der Waals surface area (Å²) in [5.41, 5.74) is 4.20. The smallest absolute Gasteiger partial charge is 0.256 e. The number of carbonyl (C=O) groups is 1. The number of fused-ring (bicyclic) bond motifs is 1. The number of aryl methyl sites for hydroxylation is 1. The maximum Gasteiger partial charge on any atom is 0.256 e. The molecule has 7 nitrogen and oxygen atoms in total. The quantitative estimate of drug-likeness (QED) is 0.348. The highest BCUT2D eigenvalue weighted by Gasteiger charge is 2.14. The van der Waals surface area contributed by atoms with E-state index in [2.05, 4.69) is 15.0 Å². The molecule has 0 unspecified atom stereocenters. The number of anilines is 2. The van der Waals surface area contributed by atoms with Gasteiger partial charge in [0.05, 0.1) is 22.7 Å². The molecule has 4 rings (SSSR count). The minimum absolute atomic E-state index is 0.00562. The van der Waals surface area contributed by atoms with Crippen LogP contribution in [-0.2, 0) is 15.8 Å². The zero-order valence-corrected chi connectivity index (χ0v) is 19.9. The largest absolute Gasteiger partial charge is 0.322 e. The Kier molecular flexibility index (Phi) is 6.71. The van der Waals surface area contributed by atoms with Crippen LogP contribution in [0.15, 0.2) is 78.0 Å². The molecule has 2 heterocycles. The van der Waals surface area contributed by atoms with E-state index in [1.54, 1.807) is 49.9 Å². The normalized spacial score (nSPS) is 11.5. The first kappa shape index (κ1) is 22.9. The molecule has 9 heteroatoms. The predicted molar refractivity (Wildman–Crippen MR) is 133 cm³/mol. The molecule has 2 aromatic carbocycles. The molecular weight excluding hydrogens is 456 g/mol. The molecule has 170 valence electrons. The maximum atomic E-state index is 13.0. The molecule has 0 fully saturated rings. The Balaban J connectivity index is 1.47. The van der Waals surface area contributed by atoms with E-state index in [1.807, 2.05) is 53.2 Å². The SMILES string of the molecule is CCS(=O)(=O)Nc1ccc(NC(=O)c2ccccc2SCc2cn3ccccc3n2)cc1C. The lowest BCUT2D eigenvalue weighted by Gasteiger charge is -2.13. The van der Waals surface area contributed by atoms with Gasteiger partial charge in [-0.15, -0.1) is 11.8 Å². The molecule has 0 saturated carbocycles. The second kappa shape index (κ2) is 9.68. The summed E-state index contributed by atoms with van der Waals surface area (Å²) in [5, 5.41) is 2.91. The van der Waals surface area contributed by atoms with Crippen LogP contribution < -0.4 is 10.0 Å². The van der Waals surface area contributed by atoms with Crippen LogP contribution in [0.4, 0.5) is 11.4 Å². The third kappa shape index (κ3) is 5.55. The first-order chi connectivity index (χ1) is 15.8. The van der Waals surface area contributed by atoms with E-state index in [9.17, 15) is 13.2 Å². The summed E-state index contributed by atoms with van der Waals surface area (Å²) in [7, 11) is -3.36. The molecule has 0 spiro atoms. The summed E-state index contributed by atoms with van der Waals surface area (Å²) in [6, 6.07) is 18.4. The number of carbonyl (C=O) groups excluding carboxylic acids is 1. The van der Waals surface area contributed by atoms with Crippen molar-refractivity contribution in [2.45, 2.75) is 24.5 Å². The number of rotatable bonds is 8. The summed E-state index contributed by atoms with van der Waals surface area (Å²) in [4.78, 5) is 18.5. The van der Waals surface area contributed by atoms with Gasteiger partial charge in [0.25, 0.3) is 5.91 Å². The fourth-order valence-electron chi connectivity index (χ4n) is 3.28. The van der Waals surface area contributed by atoms with Crippen molar-refractivity contribution >= 4 is 44.7 Å². The van der Waals surface area contributed by atoms with Crippen LogP contribution in [0.5, 0.6) is 0 Å². The van der Waals surface area contributed by atoms with Crippen LogP contribution in [0.2, 0.25) is 0 Å². The lowest BCUT2D eigenvalue weighted by molar-refractivity contribution is 0.102. The first-order valence-corrected chi connectivity index (χ1v) is 13.1. The summed E-state index contributed by atoms with van der Waals surface area (Å²) < 4.78 is 28.2. The third-order valence-electron chi connectivity index (χ3n) is 5.05. The van der Waals surface area contributed by atoms with Gasteiger partial charge in [-0.2, -0.15) is 0 Å². The highest BCUT2D eigenvalue weighted by atomic mass is 32.2. The van der Waals surface area contributed by atoms with Crippen LogP contribution in [0.1, 0.15) is 28.5 Å². The van der Waals surface area contributed by atoms with Crippen LogP contribution in [0, 0.1) is 6.92 Å². The summed E-state index contributed by atoms with van der Waals surface area (Å²) in [6.07, 6.45) is 3.94. The molecule has 0 radical (unpaired) electrons. The average Bonchev–Trinajstić information content (AvgIpc) is 3.23. The molecule has 0 atom stereocenters. The Hall–Kier alpha value is -3.30. The molecule has 4 aromatic rings. The van der Waals surface area contributed by atoms with Crippen molar-refractivity contribution < 1.29 is 13.2 Å².